The number of hydrogen-bond acceptors (Lipinski definition) is 2. The highest BCUT2D eigenvalue weighted by Gasteiger charge is 1.96. The Kier molecular flexibility index (Phi) is 20.1. The van der Waals surface area contributed by atoms with Crippen molar-refractivity contribution in [2.24, 2.45) is 4.99 Å². The monoisotopic (exact) mass is 385 g/mol. The zero-order valence-electron chi connectivity index (χ0n) is 12.8. The molecule has 0 aliphatic rings. The van der Waals surface area contributed by atoms with E-state index in [0.717, 1.165) is 45.2 Å². The van der Waals surface area contributed by atoms with Crippen molar-refractivity contribution >= 4 is 29.9 Å². The Morgan fingerprint density at radius 2 is 1.79 bits per heavy atom. The van der Waals surface area contributed by atoms with E-state index in [-0.39, 0.29) is 24.0 Å². The summed E-state index contributed by atoms with van der Waals surface area (Å²) < 4.78 is 5.29. The number of nitrogens with zero attached hydrogens (tertiary/aromatic N) is 1. The van der Waals surface area contributed by atoms with E-state index in [0.29, 0.717) is 0 Å². The summed E-state index contributed by atoms with van der Waals surface area (Å²) >= 11 is 0. The normalized spacial score (nSPS) is 11.0. The molecule has 0 atom stereocenters. The first-order chi connectivity index (χ1) is 8.85. The Labute approximate surface area is 136 Å². The lowest BCUT2D eigenvalue weighted by Crippen LogP contribution is -2.37. The summed E-state index contributed by atoms with van der Waals surface area (Å²) in [5.74, 6) is 0.936. The molecule has 0 rings (SSSR count). The van der Waals surface area contributed by atoms with Gasteiger partial charge in [0.2, 0.25) is 0 Å². The highest BCUT2D eigenvalue weighted by atomic mass is 127. The lowest BCUT2D eigenvalue weighted by molar-refractivity contribution is 0.146. The van der Waals surface area contributed by atoms with E-state index < -0.39 is 0 Å². The van der Waals surface area contributed by atoms with E-state index in [2.05, 4.69) is 29.5 Å². The SMILES string of the molecule is CCCCCCNC(=NCCCOCC)NCC.I. The Morgan fingerprint density at radius 1 is 1.00 bits per heavy atom. The van der Waals surface area contributed by atoms with Gasteiger partial charge in [-0.05, 0) is 26.7 Å². The van der Waals surface area contributed by atoms with Gasteiger partial charge in [-0.1, -0.05) is 26.2 Å². The standard InChI is InChI=1S/C14H31N3O.HI/c1-4-7-8-9-11-16-14(15-5-2)17-12-10-13-18-6-3;/h4-13H2,1-3H3,(H2,15,16,17);1H. The molecule has 0 aliphatic carbocycles. The number of hydrogen-bond donors (Lipinski definition) is 2. The van der Waals surface area contributed by atoms with Gasteiger partial charge in [0, 0.05) is 32.8 Å². The molecule has 0 aromatic heterocycles. The van der Waals surface area contributed by atoms with Crippen molar-refractivity contribution in [1.82, 2.24) is 10.6 Å². The zero-order chi connectivity index (χ0) is 13.5. The summed E-state index contributed by atoms with van der Waals surface area (Å²) in [6, 6.07) is 0. The number of halogens is 1. The van der Waals surface area contributed by atoms with Gasteiger partial charge in [-0.2, -0.15) is 0 Å². The molecule has 116 valence electrons. The summed E-state index contributed by atoms with van der Waals surface area (Å²) in [5, 5.41) is 6.63. The van der Waals surface area contributed by atoms with Crippen molar-refractivity contribution in [1.29, 1.82) is 0 Å². The van der Waals surface area contributed by atoms with Crippen LogP contribution in [-0.4, -0.2) is 38.8 Å². The highest BCUT2D eigenvalue weighted by Crippen LogP contribution is 1.96. The van der Waals surface area contributed by atoms with Crippen LogP contribution in [-0.2, 0) is 4.74 Å². The molecule has 0 radical (unpaired) electrons. The summed E-state index contributed by atoms with van der Waals surface area (Å²) in [6.07, 6.45) is 6.11. The summed E-state index contributed by atoms with van der Waals surface area (Å²) in [6.45, 7) is 10.7. The van der Waals surface area contributed by atoms with Crippen LogP contribution in [0.25, 0.3) is 0 Å². The average molecular weight is 385 g/mol. The molecule has 0 amide bonds. The van der Waals surface area contributed by atoms with Gasteiger partial charge in [0.05, 0.1) is 0 Å². The molecule has 0 aromatic rings. The van der Waals surface area contributed by atoms with Gasteiger partial charge in [-0.3, -0.25) is 4.99 Å². The maximum Gasteiger partial charge on any atom is 0.191 e. The lowest BCUT2D eigenvalue weighted by Gasteiger charge is -2.11. The fourth-order valence-corrected chi connectivity index (χ4v) is 1.60. The van der Waals surface area contributed by atoms with Gasteiger partial charge < -0.3 is 15.4 Å². The van der Waals surface area contributed by atoms with Crippen molar-refractivity contribution < 1.29 is 4.74 Å². The number of guanidine groups is 1. The average Bonchev–Trinajstić information content (AvgIpc) is 2.38. The molecular weight excluding hydrogens is 353 g/mol. The molecule has 0 aliphatic heterocycles. The second kappa shape index (κ2) is 18.0. The van der Waals surface area contributed by atoms with Crippen LogP contribution in [0.3, 0.4) is 0 Å². The third-order valence-corrected chi connectivity index (χ3v) is 2.59. The van der Waals surface area contributed by atoms with Crippen LogP contribution in [0, 0.1) is 0 Å². The number of nitrogens with one attached hydrogen (secondary N) is 2. The van der Waals surface area contributed by atoms with Crippen molar-refractivity contribution in [2.75, 3.05) is 32.8 Å². The molecule has 0 aromatic carbocycles. The molecule has 0 bridgehead atoms. The zero-order valence-corrected chi connectivity index (χ0v) is 15.2. The van der Waals surface area contributed by atoms with Gasteiger partial charge in [-0.25, -0.2) is 0 Å². The minimum atomic E-state index is 0. The molecule has 5 heteroatoms. The quantitative estimate of drug-likeness (QED) is 0.249. The minimum Gasteiger partial charge on any atom is -0.382 e. The second-order valence-corrected chi connectivity index (χ2v) is 4.30. The minimum absolute atomic E-state index is 0. The van der Waals surface area contributed by atoms with Crippen LogP contribution in [0.5, 0.6) is 0 Å². The third-order valence-electron chi connectivity index (χ3n) is 2.59. The van der Waals surface area contributed by atoms with Crippen molar-refractivity contribution in [3.05, 3.63) is 0 Å². The summed E-state index contributed by atoms with van der Waals surface area (Å²) in [4.78, 5) is 4.52. The van der Waals surface area contributed by atoms with Crippen LogP contribution in [0.2, 0.25) is 0 Å². The Morgan fingerprint density at radius 3 is 2.42 bits per heavy atom. The summed E-state index contributed by atoms with van der Waals surface area (Å²) in [7, 11) is 0. The van der Waals surface area contributed by atoms with Crippen LogP contribution in [0.4, 0.5) is 0 Å². The number of aliphatic imine (C=N–C) groups is 1. The molecule has 0 spiro atoms. The predicted octanol–water partition coefficient (Wildman–Crippen LogP) is 3.17. The van der Waals surface area contributed by atoms with Crippen molar-refractivity contribution in [3.63, 3.8) is 0 Å². The Bertz CT molecular complexity index is 201. The summed E-state index contributed by atoms with van der Waals surface area (Å²) in [5.41, 5.74) is 0. The van der Waals surface area contributed by atoms with E-state index in [9.17, 15) is 0 Å². The van der Waals surface area contributed by atoms with E-state index in [1.54, 1.807) is 0 Å². The first kappa shape index (κ1) is 21.3. The lowest BCUT2D eigenvalue weighted by atomic mass is 10.2. The molecule has 0 saturated heterocycles. The molecule has 2 N–H and O–H groups in total. The molecule has 0 fully saturated rings. The van der Waals surface area contributed by atoms with Crippen LogP contribution < -0.4 is 10.6 Å². The molecule has 0 saturated carbocycles. The fourth-order valence-electron chi connectivity index (χ4n) is 1.60. The largest absolute Gasteiger partial charge is 0.382 e. The first-order valence-corrected chi connectivity index (χ1v) is 7.45. The van der Waals surface area contributed by atoms with E-state index in [1.165, 1.54) is 25.7 Å². The van der Waals surface area contributed by atoms with Crippen LogP contribution in [0.1, 0.15) is 52.9 Å². The topological polar surface area (TPSA) is 45.7 Å². The van der Waals surface area contributed by atoms with Gasteiger partial charge in [0.1, 0.15) is 0 Å². The van der Waals surface area contributed by atoms with Gasteiger partial charge in [0.15, 0.2) is 5.96 Å². The predicted molar refractivity (Wildman–Crippen MR) is 94.6 cm³/mol. The molecular formula is C14H32IN3O. The van der Waals surface area contributed by atoms with E-state index >= 15 is 0 Å². The van der Waals surface area contributed by atoms with Crippen LogP contribution >= 0.6 is 24.0 Å². The smallest absolute Gasteiger partial charge is 0.191 e. The van der Waals surface area contributed by atoms with E-state index in [4.69, 9.17) is 4.74 Å². The van der Waals surface area contributed by atoms with Crippen molar-refractivity contribution in [2.45, 2.75) is 52.9 Å². The third kappa shape index (κ3) is 15.9. The molecule has 0 heterocycles. The first-order valence-electron chi connectivity index (χ1n) is 7.45. The maximum absolute atomic E-state index is 5.29. The number of unbranched alkanes of at least 4 members (excludes halogenated alkanes) is 3. The van der Waals surface area contributed by atoms with Crippen molar-refractivity contribution in [3.8, 4) is 0 Å². The van der Waals surface area contributed by atoms with Crippen LogP contribution in [0.15, 0.2) is 4.99 Å². The molecule has 19 heavy (non-hydrogen) atoms. The fraction of sp³-hybridized carbons (Fsp3) is 0.929. The highest BCUT2D eigenvalue weighted by molar-refractivity contribution is 14.0. The Balaban J connectivity index is 0. The number of rotatable bonds is 11. The maximum atomic E-state index is 5.29. The molecule has 4 nitrogen and oxygen atoms in total. The van der Waals surface area contributed by atoms with Gasteiger partial charge in [0.25, 0.3) is 0 Å². The number of ether oxygens (including phenoxy) is 1. The van der Waals surface area contributed by atoms with Gasteiger partial charge in [-0.15, -0.1) is 24.0 Å². The van der Waals surface area contributed by atoms with Gasteiger partial charge >= 0.3 is 0 Å². The Hall–Kier alpha value is -0.0400. The second-order valence-electron chi connectivity index (χ2n) is 4.30. The van der Waals surface area contributed by atoms with E-state index in [1.807, 2.05) is 6.92 Å². The molecule has 0 unspecified atom stereocenters.